The van der Waals surface area contributed by atoms with Gasteiger partial charge in [0.05, 0.1) is 31.5 Å². The highest BCUT2D eigenvalue weighted by molar-refractivity contribution is 4.97. The second-order valence-electron chi connectivity index (χ2n) is 4.18. The molecule has 0 aromatic heterocycles. The van der Waals surface area contributed by atoms with Crippen molar-refractivity contribution in [2.75, 3.05) is 13.2 Å². The van der Waals surface area contributed by atoms with Crippen LogP contribution in [0.25, 0.3) is 0 Å². The lowest BCUT2D eigenvalue weighted by atomic mass is 9.95. The first kappa shape index (κ1) is 9.96. The molecule has 0 aromatic carbocycles. The maximum atomic E-state index is 9.70. The van der Waals surface area contributed by atoms with E-state index in [0.29, 0.717) is 13.2 Å². The molecule has 14 heavy (non-hydrogen) atoms. The van der Waals surface area contributed by atoms with Gasteiger partial charge in [-0.2, -0.15) is 0 Å². The number of aliphatic hydroxyl groups excluding tert-OH is 1. The van der Waals surface area contributed by atoms with E-state index in [0.717, 1.165) is 0 Å². The number of ether oxygens (including phenoxy) is 3. The van der Waals surface area contributed by atoms with E-state index >= 15 is 0 Å². The lowest BCUT2D eigenvalue weighted by Gasteiger charge is -2.29. The van der Waals surface area contributed by atoms with E-state index < -0.39 is 11.9 Å². The Bertz CT molecular complexity index is 236. The highest BCUT2D eigenvalue weighted by Crippen LogP contribution is 2.27. The highest BCUT2D eigenvalue weighted by atomic mass is 16.7. The Morgan fingerprint density at radius 2 is 2.00 bits per heavy atom. The van der Waals surface area contributed by atoms with Crippen LogP contribution in [0, 0.1) is 5.92 Å². The average Bonchev–Trinajstić information content (AvgIpc) is 2.27. The molecule has 1 saturated heterocycles. The van der Waals surface area contributed by atoms with Crippen molar-refractivity contribution < 1.29 is 19.3 Å². The van der Waals surface area contributed by atoms with Gasteiger partial charge < -0.3 is 19.3 Å². The fourth-order valence-electron chi connectivity index (χ4n) is 1.68. The summed E-state index contributed by atoms with van der Waals surface area (Å²) in [6.07, 6.45) is 2.58. The standard InChI is InChI=1S/C10H16O4/c1-10(2)13-5-7-8(11)3-4-12-9(7)6-14-10/h3-4,7-9,11H,5-6H2,1-2H3/t7-,8-,9+/m0/s1. The zero-order valence-electron chi connectivity index (χ0n) is 8.47. The molecule has 0 bridgehead atoms. The SMILES string of the molecule is CC1(C)OC[C@H]2[C@@H](O)C=CO[C@@H]2CO1. The Labute approximate surface area is 83.5 Å². The minimum Gasteiger partial charge on any atom is -0.495 e. The van der Waals surface area contributed by atoms with Crippen molar-refractivity contribution in [3.63, 3.8) is 0 Å². The minimum atomic E-state index is -0.583. The molecule has 80 valence electrons. The average molecular weight is 200 g/mol. The molecule has 4 nitrogen and oxygen atoms in total. The molecule has 0 saturated carbocycles. The molecule has 1 N–H and O–H groups in total. The van der Waals surface area contributed by atoms with Crippen molar-refractivity contribution in [2.24, 2.45) is 5.92 Å². The number of fused-ring (bicyclic) bond motifs is 1. The van der Waals surface area contributed by atoms with Gasteiger partial charge in [-0.3, -0.25) is 0 Å². The predicted octanol–water partition coefficient (Wildman–Crippen LogP) is 0.659. The molecule has 0 aromatic rings. The van der Waals surface area contributed by atoms with Crippen molar-refractivity contribution in [1.82, 2.24) is 0 Å². The van der Waals surface area contributed by atoms with Crippen LogP contribution < -0.4 is 0 Å². The fourth-order valence-corrected chi connectivity index (χ4v) is 1.68. The van der Waals surface area contributed by atoms with Crippen molar-refractivity contribution in [1.29, 1.82) is 0 Å². The Kier molecular flexibility index (Phi) is 2.51. The molecular formula is C10H16O4. The van der Waals surface area contributed by atoms with E-state index in [2.05, 4.69) is 0 Å². The van der Waals surface area contributed by atoms with Crippen LogP contribution in [0.5, 0.6) is 0 Å². The second kappa shape index (κ2) is 3.53. The molecule has 3 atom stereocenters. The first-order chi connectivity index (χ1) is 6.58. The monoisotopic (exact) mass is 200 g/mol. The summed E-state index contributed by atoms with van der Waals surface area (Å²) in [6.45, 7) is 4.65. The van der Waals surface area contributed by atoms with Crippen LogP contribution in [0.1, 0.15) is 13.8 Å². The first-order valence-electron chi connectivity index (χ1n) is 4.87. The molecule has 0 unspecified atom stereocenters. The van der Waals surface area contributed by atoms with Crippen molar-refractivity contribution in [3.8, 4) is 0 Å². The van der Waals surface area contributed by atoms with Crippen LogP contribution in [-0.4, -0.2) is 36.3 Å². The topological polar surface area (TPSA) is 47.9 Å². The van der Waals surface area contributed by atoms with Gasteiger partial charge in [-0.1, -0.05) is 0 Å². The summed E-state index contributed by atoms with van der Waals surface area (Å²) in [7, 11) is 0. The van der Waals surface area contributed by atoms with Crippen LogP contribution in [0.15, 0.2) is 12.3 Å². The number of rotatable bonds is 0. The fraction of sp³-hybridized carbons (Fsp3) is 0.800. The van der Waals surface area contributed by atoms with Gasteiger partial charge in [0.1, 0.15) is 6.10 Å². The number of hydrogen-bond acceptors (Lipinski definition) is 4. The predicted molar refractivity (Wildman–Crippen MR) is 49.5 cm³/mol. The molecular weight excluding hydrogens is 184 g/mol. The van der Waals surface area contributed by atoms with Gasteiger partial charge in [-0.15, -0.1) is 0 Å². The maximum absolute atomic E-state index is 9.70. The largest absolute Gasteiger partial charge is 0.495 e. The van der Waals surface area contributed by atoms with Gasteiger partial charge >= 0.3 is 0 Å². The van der Waals surface area contributed by atoms with Gasteiger partial charge in [0, 0.05) is 0 Å². The number of aliphatic hydroxyl groups is 1. The van der Waals surface area contributed by atoms with Gasteiger partial charge in [-0.05, 0) is 19.9 Å². The summed E-state index contributed by atoms with van der Waals surface area (Å²) < 4.78 is 16.4. The minimum absolute atomic E-state index is 0.0261. The third-order valence-corrected chi connectivity index (χ3v) is 2.66. The summed E-state index contributed by atoms with van der Waals surface area (Å²) in [5.41, 5.74) is 0. The molecule has 1 fully saturated rings. The highest BCUT2D eigenvalue weighted by Gasteiger charge is 2.37. The van der Waals surface area contributed by atoms with Crippen LogP contribution in [-0.2, 0) is 14.2 Å². The summed E-state index contributed by atoms with van der Waals surface area (Å²) in [6, 6.07) is 0. The quantitative estimate of drug-likeness (QED) is 0.624. The van der Waals surface area contributed by atoms with Gasteiger partial charge in [0.15, 0.2) is 5.79 Å². The molecule has 0 spiro atoms. The van der Waals surface area contributed by atoms with E-state index in [9.17, 15) is 5.11 Å². The summed E-state index contributed by atoms with van der Waals surface area (Å²) in [5.74, 6) is -0.609. The van der Waals surface area contributed by atoms with Gasteiger partial charge in [0.2, 0.25) is 0 Å². The Hall–Kier alpha value is -0.580. The van der Waals surface area contributed by atoms with Crippen molar-refractivity contribution in [2.45, 2.75) is 31.8 Å². The van der Waals surface area contributed by atoms with Gasteiger partial charge in [0.25, 0.3) is 0 Å². The zero-order chi connectivity index (χ0) is 10.2. The van der Waals surface area contributed by atoms with Crippen molar-refractivity contribution in [3.05, 3.63) is 12.3 Å². The lowest BCUT2D eigenvalue weighted by Crippen LogP contribution is -2.38. The molecule has 2 aliphatic rings. The molecule has 0 aliphatic carbocycles. The van der Waals surface area contributed by atoms with Crippen LogP contribution in [0.3, 0.4) is 0 Å². The molecule has 4 heteroatoms. The van der Waals surface area contributed by atoms with E-state index in [-0.39, 0.29) is 12.0 Å². The van der Waals surface area contributed by atoms with Crippen LogP contribution >= 0.6 is 0 Å². The summed E-state index contributed by atoms with van der Waals surface area (Å²) >= 11 is 0. The van der Waals surface area contributed by atoms with Crippen LogP contribution in [0.2, 0.25) is 0 Å². The summed E-state index contributed by atoms with van der Waals surface area (Å²) in [5, 5.41) is 9.70. The van der Waals surface area contributed by atoms with E-state index in [4.69, 9.17) is 14.2 Å². The van der Waals surface area contributed by atoms with Gasteiger partial charge in [-0.25, -0.2) is 0 Å². The van der Waals surface area contributed by atoms with E-state index in [1.165, 1.54) is 6.26 Å². The molecule has 0 radical (unpaired) electrons. The zero-order valence-corrected chi connectivity index (χ0v) is 8.47. The van der Waals surface area contributed by atoms with Crippen molar-refractivity contribution >= 4 is 0 Å². The maximum Gasteiger partial charge on any atom is 0.162 e. The van der Waals surface area contributed by atoms with E-state index in [1.807, 2.05) is 13.8 Å². The molecule has 2 heterocycles. The normalized spacial score (nSPS) is 40.9. The third-order valence-electron chi connectivity index (χ3n) is 2.66. The number of hydrogen-bond donors (Lipinski definition) is 1. The Balaban J connectivity index is 2.09. The first-order valence-corrected chi connectivity index (χ1v) is 4.87. The lowest BCUT2D eigenvalue weighted by molar-refractivity contribution is -0.204. The summed E-state index contributed by atoms with van der Waals surface area (Å²) in [4.78, 5) is 0. The van der Waals surface area contributed by atoms with Crippen LogP contribution in [0.4, 0.5) is 0 Å². The third kappa shape index (κ3) is 1.92. The smallest absolute Gasteiger partial charge is 0.162 e. The second-order valence-corrected chi connectivity index (χ2v) is 4.18. The molecule has 2 rings (SSSR count). The van der Waals surface area contributed by atoms with E-state index in [1.54, 1.807) is 6.08 Å². The Morgan fingerprint density at radius 3 is 2.79 bits per heavy atom. The molecule has 0 amide bonds. The molecule has 2 aliphatic heterocycles. The Morgan fingerprint density at radius 1 is 1.29 bits per heavy atom.